The Morgan fingerprint density at radius 2 is 2.29 bits per heavy atom. The van der Waals surface area contributed by atoms with Gasteiger partial charge >= 0.3 is 0 Å². The highest BCUT2D eigenvalue weighted by Gasteiger charge is 2.11. The molecule has 0 spiro atoms. The Balaban J connectivity index is 1.99. The molecule has 0 fully saturated rings. The maximum atomic E-state index is 5.81. The monoisotopic (exact) mass is 267 g/mol. The highest BCUT2D eigenvalue weighted by atomic mass is 35.5. The number of nitrogens with one attached hydrogen (secondary N) is 1. The second-order valence-electron chi connectivity index (χ2n) is 3.79. The molecule has 90 valence electrons. The first-order chi connectivity index (χ1) is 8.29. The number of aryl methyl sites for hydroxylation is 1. The largest absolute Gasteiger partial charge is 0.271 e. The lowest BCUT2D eigenvalue weighted by molar-refractivity contribution is 0.505. The molecule has 5 heteroatoms. The van der Waals surface area contributed by atoms with E-state index in [0.717, 1.165) is 18.5 Å². The molecule has 0 saturated heterocycles. The zero-order valence-electron chi connectivity index (χ0n) is 9.27. The lowest BCUT2D eigenvalue weighted by Crippen LogP contribution is -2.29. The van der Waals surface area contributed by atoms with Gasteiger partial charge in [0.2, 0.25) is 0 Å². The fourth-order valence-corrected chi connectivity index (χ4v) is 2.47. The van der Waals surface area contributed by atoms with Crippen molar-refractivity contribution in [2.24, 2.45) is 5.84 Å². The lowest BCUT2D eigenvalue weighted by atomic mass is 10.1. The summed E-state index contributed by atoms with van der Waals surface area (Å²) in [6, 6.07) is 5.93. The van der Waals surface area contributed by atoms with Crippen molar-refractivity contribution in [2.45, 2.75) is 18.9 Å². The van der Waals surface area contributed by atoms with Gasteiger partial charge in [0.1, 0.15) is 0 Å². The molecule has 1 atom stereocenters. The molecule has 0 aromatic carbocycles. The Kier molecular flexibility index (Phi) is 4.50. The van der Waals surface area contributed by atoms with Gasteiger partial charge in [0.25, 0.3) is 0 Å². The molecular formula is C12H14ClN3S. The first kappa shape index (κ1) is 12.5. The van der Waals surface area contributed by atoms with Crippen LogP contribution in [-0.2, 0) is 6.42 Å². The summed E-state index contributed by atoms with van der Waals surface area (Å²) in [5, 5.41) is 4.88. The van der Waals surface area contributed by atoms with Crippen molar-refractivity contribution >= 4 is 22.9 Å². The topological polar surface area (TPSA) is 50.9 Å². The first-order valence-electron chi connectivity index (χ1n) is 5.38. The molecule has 2 aromatic heterocycles. The van der Waals surface area contributed by atoms with Gasteiger partial charge in [0, 0.05) is 6.20 Å². The number of hydrogen-bond donors (Lipinski definition) is 2. The lowest BCUT2D eigenvalue weighted by Gasteiger charge is -2.14. The van der Waals surface area contributed by atoms with Crippen molar-refractivity contribution in [3.05, 3.63) is 51.4 Å². The van der Waals surface area contributed by atoms with Crippen LogP contribution in [-0.4, -0.2) is 4.98 Å². The number of hydrazine groups is 1. The van der Waals surface area contributed by atoms with E-state index in [2.05, 4.69) is 27.2 Å². The molecule has 0 saturated carbocycles. The van der Waals surface area contributed by atoms with Crippen LogP contribution in [0, 0.1) is 0 Å². The Morgan fingerprint density at radius 3 is 2.88 bits per heavy atom. The van der Waals surface area contributed by atoms with E-state index in [1.54, 1.807) is 17.5 Å². The summed E-state index contributed by atoms with van der Waals surface area (Å²) in [5.41, 5.74) is 5.06. The number of rotatable bonds is 5. The van der Waals surface area contributed by atoms with Gasteiger partial charge in [-0.3, -0.25) is 16.3 Å². The summed E-state index contributed by atoms with van der Waals surface area (Å²) in [7, 11) is 0. The van der Waals surface area contributed by atoms with Gasteiger partial charge in [-0.25, -0.2) is 0 Å². The van der Waals surface area contributed by atoms with E-state index in [-0.39, 0.29) is 6.04 Å². The third-order valence-corrected chi connectivity index (χ3v) is 3.57. The van der Waals surface area contributed by atoms with Crippen molar-refractivity contribution < 1.29 is 0 Å². The number of thiophene rings is 1. The van der Waals surface area contributed by atoms with Crippen molar-refractivity contribution in [2.75, 3.05) is 0 Å². The number of halogens is 1. The summed E-state index contributed by atoms with van der Waals surface area (Å²) in [6.07, 6.45) is 3.55. The summed E-state index contributed by atoms with van der Waals surface area (Å²) in [5.74, 6) is 5.56. The van der Waals surface area contributed by atoms with Crippen molar-refractivity contribution in [1.82, 2.24) is 10.4 Å². The van der Waals surface area contributed by atoms with E-state index in [0.29, 0.717) is 5.02 Å². The van der Waals surface area contributed by atoms with Crippen LogP contribution in [0.25, 0.3) is 0 Å². The maximum absolute atomic E-state index is 5.81. The molecule has 0 amide bonds. The molecule has 0 radical (unpaired) electrons. The minimum Gasteiger partial charge on any atom is -0.271 e. The van der Waals surface area contributed by atoms with Crippen LogP contribution in [0.5, 0.6) is 0 Å². The fraction of sp³-hybridized carbons (Fsp3) is 0.250. The predicted molar refractivity (Wildman–Crippen MR) is 72.0 cm³/mol. The molecule has 17 heavy (non-hydrogen) atoms. The smallest absolute Gasteiger partial charge is 0.0635 e. The van der Waals surface area contributed by atoms with E-state index in [4.69, 9.17) is 17.4 Å². The molecule has 0 aliphatic rings. The first-order valence-corrected chi connectivity index (χ1v) is 6.70. The van der Waals surface area contributed by atoms with Crippen LogP contribution in [0.4, 0.5) is 0 Å². The Labute approximate surface area is 110 Å². The molecule has 1 unspecified atom stereocenters. The third-order valence-electron chi connectivity index (χ3n) is 2.61. The summed E-state index contributed by atoms with van der Waals surface area (Å²) >= 11 is 7.52. The standard InChI is InChI=1S/C12H14ClN3S/c13-10-2-4-11(15-7-10)12(16-14)3-1-9-5-6-17-8-9/h2,4-8,12,16H,1,3,14H2. The van der Waals surface area contributed by atoms with Gasteiger partial charge in [-0.1, -0.05) is 11.6 Å². The number of nitrogens with zero attached hydrogens (tertiary/aromatic N) is 1. The molecule has 3 N–H and O–H groups in total. The van der Waals surface area contributed by atoms with E-state index < -0.39 is 0 Å². The molecule has 0 aliphatic carbocycles. The Hall–Kier alpha value is -0.940. The van der Waals surface area contributed by atoms with Crippen LogP contribution in [0.2, 0.25) is 5.02 Å². The molecule has 2 heterocycles. The van der Waals surface area contributed by atoms with Crippen LogP contribution >= 0.6 is 22.9 Å². The van der Waals surface area contributed by atoms with E-state index in [1.165, 1.54) is 5.56 Å². The number of hydrogen-bond acceptors (Lipinski definition) is 4. The Bertz CT molecular complexity index is 441. The highest BCUT2D eigenvalue weighted by Crippen LogP contribution is 2.19. The van der Waals surface area contributed by atoms with Gasteiger partial charge < -0.3 is 0 Å². The van der Waals surface area contributed by atoms with Crippen LogP contribution < -0.4 is 11.3 Å². The average Bonchev–Trinajstić information content (AvgIpc) is 2.85. The summed E-state index contributed by atoms with van der Waals surface area (Å²) < 4.78 is 0. The predicted octanol–water partition coefficient (Wildman–Crippen LogP) is 2.93. The molecule has 0 aliphatic heterocycles. The van der Waals surface area contributed by atoms with E-state index in [1.807, 2.05) is 12.1 Å². The van der Waals surface area contributed by atoms with Crippen LogP contribution in [0.3, 0.4) is 0 Å². The Morgan fingerprint density at radius 1 is 1.41 bits per heavy atom. The second-order valence-corrected chi connectivity index (χ2v) is 5.01. The minimum absolute atomic E-state index is 0.0622. The van der Waals surface area contributed by atoms with Crippen LogP contribution in [0.1, 0.15) is 23.7 Å². The normalized spacial score (nSPS) is 12.6. The van der Waals surface area contributed by atoms with Gasteiger partial charge in [-0.2, -0.15) is 11.3 Å². The van der Waals surface area contributed by atoms with Gasteiger partial charge in [0.05, 0.1) is 16.8 Å². The zero-order chi connectivity index (χ0) is 12.1. The van der Waals surface area contributed by atoms with Gasteiger partial charge in [-0.05, 0) is 47.4 Å². The molecule has 3 nitrogen and oxygen atoms in total. The zero-order valence-corrected chi connectivity index (χ0v) is 10.8. The fourth-order valence-electron chi connectivity index (χ4n) is 1.66. The second kappa shape index (κ2) is 6.12. The summed E-state index contributed by atoms with van der Waals surface area (Å²) in [4.78, 5) is 4.28. The third kappa shape index (κ3) is 3.51. The van der Waals surface area contributed by atoms with Crippen molar-refractivity contribution in [3.63, 3.8) is 0 Å². The maximum Gasteiger partial charge on any atom is 0.0635 e. The van der Waals surface area contributed by atoms with E-state index >= 15 is 0 Å². The SMILES string of the molecule is NNC(CCc1ccsc1)c1ccc(Cl)cn1. The number of pyridine rings is 1. The molecular weight excluding hydrogens is 254 g/mol. The average molecular weight is 268 g/mol. The highest BCUT2D eigenvalue weighted by molar-refractivity contribution is 7.07. The number of aromatic nitrogens is 1. The van der Waals surface area contributed by atoms with Crippen molar-refractivity contribution in [1.29, 1.82) is 0 Å². The molecule has 2 aromatic rings. The summed E-state index contributed by atoms with van der Waals surface area (Å²) in [6.45, 7) is 0. The van der Waals surface area contributed by atoms with Gasteiger partial charge in [-0.15, -0.1) is 0 Å². The number of nitrogens with two attached hydrogens (primary N) is 1. The van der Waals surface area contributed by atoms with Crippen LogP contribution in [0.15, 0.2) is 35.2 Å². The quantitative estimate of drug-likeness (QED) is 0.647. The molecule has 0 bridgehead atoms. The van der Waals surface area contributed by atoms with Crippen molar-refractivity contribution in [3.8, 4) is 0 Å². The van der Waals surface area contributed by atoms with Gasteiger partial charge in [0.15, 0.2) is 0 Å². The minimum atomic E-state index is 0.0622. The molecule has 2 rings (SSSR count). The van der Waals surface area contributed by atoms with E-state index in [9.17, 15) is 0 Å².